The van der Waals surface area contributed by atoms with Gasteiger partial charge in [0.25, 0.3) is 0 Å². The normalized spacial score (nSPS) is 26.8. The van der Waals surface area contributed by atoms with E-state index in [2.05, 4.69) is 31.4 Å². The predicted molar refractivity (Wildman–Crippen MR) is 74.4 cm³/mol. The van der Waals surface area contributed by atoms with Crippen LogP contribution in [0.15, 0.2) is 24.3 Å². The molecular formula is C15H22ClN. The molecule has 1 aromatic rings. The number of benzene rings is 1. The molecule has 3 atom stereocenters. The lowest BCUT2D eigenvalue weighted by Crippen LogP contribution is -2.28. The van der Waals surface area contributed by atoms with E-state index in [4.69, 9.17) is 11.6 Å². The molecule has 2 heteroatoms. The van der Waals surface area contributed by atoms with Crippen molar-refractivity contribution in [2.75, 3.05) is 7.05 Å². The first-order valence-corrected chi connectivity index (χ1v) is 7.01. The first-order chi connectivity index (χ1) is 8.20. The average Bonchev–Trinajstić information content (AvgIpc) is 2.30. The van der Waals surface area contributed by atoms with Crippen molar-refractivity contribution in [1.29, 1.82) is 0 Å². The van der Waals surface area contributed by atoms with Gasteiger partial charge in [-0.15, -0.1) is 0 Å². The molecule has 0 amide bonds. The van der Waals surface area contributed by atoms with E-state index in [-0.39, 0.29) is 0 Å². The van der Waals surface area contributed by atoms with Gasteiger partial charge in [-0.2, -0.15) is 0 Å². The lowest BCUT2D eigenvalue weighted by atomic mass is 9.77. The van der Waals surface area contributed by atoms with E-state index in [1.165, 1.54) is 31.2 Å². The van der Waals surface area contributed by atoms with Crippen molar-refractivity contribution in [3.63, 3.8) is 0 Å². The van der Waals surface area contributed by atoms with Gasteiger partial charge < -0.3 is 5.32 Å². The number of halogens is 1. The molecule has 1 saturated carbocycles. The van der Waals surface area contributed by atoms with Crippen LogP contribution in [0, 0.1) is 11.8 Å². The molecule has 1 N–H and O–H groups in total. The van der Waals surface area contributed by atoms with E-state index in [9.17, 15) is 0 Å². The molecule has 0 aromatic heterocycles. The lowest BCUT2D eigenvalue weighted by Gasteiger charge is -2.33. The second-order valence-corrected chi connectivity index (χ2v) is 5.79. The number of rotatable bonds is 3. The summed E-state index contributed by atoms with van der Waals surface area (Å²) in [5.74, 6) is 1.62. The zero-order chi connectivity index (χ0) is 12.3. The van der Waals surface area contributed by atoms with Gasteiger partial charge in [-0.1, -0.05) is 43.5 Å². The van der Waals surface area contributed by atoms with Gasteiger partial charge in [0, 0.05) is 11.1 Å². The van der Waals surface area contributed by atoms with E-state index in [1.807, 2.05) is 12.1 Å². The Morgan fingerprint density at radius 1 is 1.35 bits per heavy atom. The molecule has 2 rings (SSSR count). The van der Waals surface area contributed by atoms with Crippen molar-refractivity contribution in [3.05, 3.63) is 34.9 Å². The molecule has 94 valence electrons. The standard InChI is InChI=1S/C15H22ClN/c1-11-5-3-6-12(9-11)15(17-2)13-7-4-8-14(16)10-13/h4,7-8,10-12,15,17H,3,5-6,9H2,1-2H3. The summed E-state index contributed by atoms with van der Waals surface area (Å²) in [5.41, 5.74) is 1.33. The van der Waals surface area contributed by atoms with Crippen molar-refractivity contribution >= 4 is 11.6 Å². The summed E-state index contributed by atoms with van der Waals surface area (Å²) < 4.78 is 0. The van der Waals surface area contributed by atoms with E-state index >= 15 is 0 Å². The second kappa shape index (κ2) is 5.88. The number of nitrogens with one attached hydrogen (secondary N) is 1. The zero-order valence-corrected chi connectivity index (χ0v) is 11.5. The zero-order valence-electron chi connectivity index (χ0n) is 10.7. The Kier molecular flexibility index (Phi) is 4.47. The van der Waals surface area contributed by atoms with Crippen molar-refractivity contribution in [2.24, 2.45) is 11.8 Å². The van der Waals surface area contributed by atoms with Crippen LogP contribution in [0.3, 0.4) is 0 Å². The highest BCUT2D eigenvalue weighted by Crippen LogP contribution is 2.37. The summed E-state index contributed by atoms with van der Waals surface area (Å²) in [4.78, 5) is 0. The van der Waals surface area contributed by atoms with Crippen LogP contribution in [-0.2, 0) is 0 Å². The Balaban J connectivity index is 2.15. The topological polar surface area (TPSA) is 12.0 Å². The summed E-state index contributed by atoms with van der Waals surface area (Å²) in [7, 11) is 2.06. The molecular weight excluding hydrogens is 230 g/mol. The van der Waals surface area contributed by atoms with Gasteiger partial charge in [-0.25, -0.2) is 0 Å². The fourth-order valence-electron chi connectivity index (χ4n) is 3.16. The number of hydrogen-bond donors (Lipinski definition) is 1. The van der Waals surface area contributed by atoms with E-state index in [1.54, 1.807) is 0 Å². The summed E-state index contributed by atoms with van der Waals surface area (Å²) in [6.45, 7) is 2.37. The molecule has 3 unspecified atom stereocenters. The van der Waals surface area contributed by atoms with E-state index in [0.717, 1.165) is 16.9 Å². The Hall–Kier alpha value is -0.530. The lowest BCUT2D eigenvalue weighted by molar-refractivity contribution is 0.230. The van der Waals surface area contributed by atoms with Gasteiger partial charge in [-0.05, 0) is 49.4 Å². The molecule has 1 aliphatic carbocycles. The largest absolute Gasteiger partial charge is 0.313 e. The highest BCUT2D eigenvalue weighted by atomic mass is 35.5. The first-order valence-electron chi connectivity index (χ1n) is 6.63. The van der Waals surface area contributed by atoms with Gasteiger partial charge in [0.15, 0.2) is 0 Å². The highest BCUT2D eigenvalue weighted by molar-refractivity contribution is 6.30. The van der Waals surface area contributed by atoms with Crippen molar-refractivity contribution in [2.45, 2.75) is 38.6 Å². The molecule has 0 heterocycles. The summed E-state index contributed by atoms with van der Waals surface area (Å²) in [6.07, 6.45) is 5.42. The summed E-state index contributed by atoms with van der Waals surface area (Å²) in [5, 5.41) is 4.32. The van der Waals surface area contributed by atoms with Crippen LogP contribution < -0.4 is 5.32 Å². The van der Waals surface area contributed by atoms with Crippen molar-refractivity contribution < 1.29 is 0 Å². The van der Waals surface area contributed by atoms with Gasteiger partial charge in [0.2, 0.25) is 0 Å². The highest BCUT2D eigenvalue weighted by Gasteiger charge is 2.26. The van der Waals surface area contributed by atoms with Crippen LogP contribution in [-0.4, -0.2) is 7.05 Å². The minimum Gasteiger partial charge on any atom is -0.313 e. The third-order valence-electron chi connectivity index (χ3n) is 3.97. The Bertz CT molecular complexity index is 364. The molecule has 0 bridgehead atoms. The van der Waals surface area contributed by atoms with Crippen LogP contribution in [0.2, 0.25) is 5.02 Å². The minimum atomic E-state index is 0.455. The Labute approximate surface area is 110 Å². The van der Waals surface area contributed by atoms with Gasteiger partial charge in [0.1, 0.15) is 0 Å². The third kappa shape index (κ3) is 3.23. The van der Waals surface area contributed by atoms with Crippen LogP contribution >= 0.6 is 11.6 Å². The molecule has 1 fully saturated rings. The smallest absolute Gasteiger partial charge is 0.0409 e. The van der Waals surface area contributed by atoms with Gasteiger partial charge >= 0.3 is 0 Å². The summed E-state index contributed by atoms with van der Waals surface area (Å²) >= 11 is 6.09. The Morgan fingerprint density at radius 3 is 2.82 bits per heavy atom. The minimum absolute atomic E-state index is 0.455. The monoisotopic (exact) mass is 251 g/mol. The SMILES string of the molecule is CNC(c1cccc(Cl)c1)C1CCCC(C)C1. The first kappa shape index (κ1) is 12.9. The molecule has 0 radical (unpaired) electrons. The van der Waals surface area contributed by atoms with Crippen LogP contribution in [0.25, 0.3) is 0 Å². The van der Waals surface area contributed by atoms with Crippen molar-refractivity contribution in [3.8, 4) is 0 Å². The molecule has 0 spiro atoms. The van der Waals surface area contributed by atoms with E-state index in [0.29, 0.717) is 6.04 Å². The maximum Gasteiger partial charge on any atom is 0.0409 e. The van der Waals surface area contributed by atoms with Crippen molar-refractivity contribution in [1.82, 2.24) is 5.32 Å². The number of hydrogen-bond acceptors (Lipinski definition) is 1. The van der Waals surface area contributed by atoms with Crippen LogP contribution in [0.5, 0.6) is 0 Å². The maximum atomic E-state index is 6.09. The van der Waals surface area contributed by atoms with Gasteiger partial charge in [0.05, 0.1) is 0 Å². The fourth-order valence-corrected chi connectivity index (χ4v) is 3.36. The molecule has 1 aliphatic rings. The summed E-state index contributed by atoms with van der Waals surface area (Å²) in [6, 6.07) is 8.74. The Morgan fingerprint density at radius 2 is 2.18 bits per heavy atom. The predicted octanol–water partition coefficient (Wildman–Crippen LogP) is 4.43. The van der Waals surface area contributed by atoms with Crippen LogP contribution in [0.1, 0.15) is 44.2 Å². The molecule has 1 aromatic carbocycles. The molecule has 1 nitrogen and oxygen atoms in total. The second-order valence-electron chi connectivity index (χ2n) is 5.35. The van der Waals surface area contributed by atoms with Gasteiger partial charge in [-0.3, -0.25) is 0 Å². The third-order valence-corrected chi connectivity index (χ3v) is 4.20. The maximum absolute atomic E-state index is 6.09. The van der Waals surface area contributed by atoms with E-state index < -0.39 is 0 Å². The van der Waals surface area contributed by atoms with Crippen LogP contribution in [0.4, 0.5) is 0 Å². The quantitative estimate of drug-likeness (QED) is 0.838. The average molecular weight is 252 g/mol. The molecule has 0 aliphatic heterocycles. The molecule has 0 saturated heterocycles. The molecule has 17 heavy (non-hydrogen) atoms. The fraction of sp³-hybridized carbons (Fsp3) is 0.600.